The number of urea groups is 1. The molecule has 0 aliphatic carbocycles. The molecular formula is C11H21N3O7. The maximum atomic E-state index is 11.4. The molecule has 0 radical (unpaired) electrons. The van der Waals surface area contributed by atoms with Crippen LogP contribution >= 0.6 is 0 Å². The molecule has 21 heavy (non-hydrogen) atoms. The van der Waals surface area contributed by atoms with E-state index in [2.05, 4.69) is 10.6 Å². The van der Waals surface area contributed by atoms with Crippen molar-refractivity contribution < 1.29 is 29.2 Å². The fourth-order valence-electron chi connectivity index (χ4n) is 1.95. The molecular weight excluding hydrogens is 286 g/mol. The van der Waals surface area contributed by atoms with Crippen molar-refractivity contribution in [3.8, 4) is 0 Å². The van der Waals surface area contributed by atoms with Crippen molar-refractivity contribution in [3.63, 3.8) is 0 Å². The fourth-order valence-corrected chi connectivity index (χ4v) is 1.95. The van der Waals surface area contributed by atoms with Crippen LogP contribution in [0.25, 0.3) is 0 Å². The number of nitrogens with one attached hydrogen (secondary N) is 1. The average Bonchev–Trinajstić information content (AvgIpc) is 2.76. The van der Waals surface area contributed by atoms with Gasteiger partial charge in [-0.1, -0.05) is 0 Å². The number of carbonyl (C=O) groups is 1. The molecule has 2 amide bonds. The van der Waals surface area contributed by atoms with Crippen LogP contribution < -0.4 is 5.32 Å². The van der Waals surface area contributed by atoms with E-state index in [1.807, 2.05) is 0 Å². The minimum atomic E-state index is -1.22. The second-order valence-electron chi connectivity index (χ2n) is 4.47. The van der Waals surface area contributed by atoms with Gasteiger partial charge in [-0.05, 0) is 6.92 Å². The molecule has 10 heteroatoms. The van der Waals surface area contributed by atoms with Gasteiger partial charge in [-0.25, -0.2) is 4.79 Å². The molecule has 3 N–H and O–H groups in total. The number of methoxy groups -OCH3 is 1. The van der Waals surface area contributed by atoms with Crippen LogP contribution in [0.2, 0.25) is 0 Å². The first kappa shape index (κ1) is 17.7. The number of nitroso groups, excluding NO2 is 1. The van der Waals surface area contributed by atoms with E-state index in [-0.39, 0.29) is 6.54 Å². The Kier molecular flexibility index (Phi) is 6.92. The summed E-state index contributed by atoms with van der Waals surface area (Å²) >= 11 is 0. The van der Waals surface area contributed by atoms with E-state index < -0.39 is 36.7 Å². The zero-order valence-electron chi connectivity index (χ0n) is 12.1. The van der Waals surface area contributed by atoms with Crippen LogP contribution in [0.5, 0.6) is 0 Å². The second-order valence-corrected chi connectivity index (χ2v) is 4.47. The lowest BCUT2D eigenvalue weighted by Crippen LogP contribution is -2.47. The molecule has 1 fully saturated rings. The lowest BCUT2D eigenvalue weighted by molar-refractivity contribution is -0.177. The van der Waals surface area contributed by atoms with Gasteiger partial charge in [0.15, 0.2) is 6.29 Å². The number of aliphatic hydroxyl groups excluding tert-OH is 2. The van der Waals surface area contributed by atoms with E-state index in [9.17, 15) is 19.9 Å². The van der Waals surface area contributed by atoms with Crippen LogP contribution in [0.15, 0.2) is 5.29 Å². The molecule has 122 valence electrons. The summed E-state index contributed by atoms with van der Waals surface area (Å²) in [6.07, 6.45) is -4.99. The predicted molar refractivity (Wildman–Crippen MR) is 70.1 cm³/mol. The molecule has 0 aromatic carbocycles. The number of carbonyl (C=O) groups excluding carboxylic acids is 1. The van der Waals surface area contributed by atoms with Crippen molar-refractivity contribution >= 4 is 6.03 Å². The maximum absolute atomic E-state index is 11.4. The lowest BCUT2D eigenvalue weighted by Gasteiger charge is -2.24. The Bertz CT molecular complexity index is 357. The molecule has 0 saturated carbocycles. The van der Waals surface area contributed by atoms with Gasteiger partial charge in [0.05, 0.1) is 5.29 Å². The summed E-state index contributed by atoms with van der Waals surface area (Å²) in [6, 6.07) is -0.721. The Morgan fingerprint density at radius 2 is 2.14 bits per heavy atom. The maximum Gasteiger partial charge on any atom is 0.340 e. The first-order valence-corrected chi connectivity index (χ1v) is 6.47. The Hall–Kier alpha value is -1.33. The van der Waals surface area contributed by atoms with Gasteiger partial charge in [-0.2, -0.15) is 5.01 Å². The molecule has 0 unspecified atom stereocenters. The van der Waals surface area contributed by atoms with Gasteiger partial charge in [0.2, 0.25) is 0 Å². The Morgan fingerprint density at radius 3 is 2.67 bits per heavy atom. The van der Waals surface area contributed by atoms with E-state index >= 15 is 0 Å². The van der Waals surface area contributed by atoms with Crippen LogP contribution in [-0.4, -0.2) is 79.3 Å². The monoisotopic (exact) mass is 307 g/mol. The molecule has 1 aliphatic heterocycles. The first-order valence-electron chi connectivity index (χ1n) is 6.47. The Balaban J connectivity index is 2.59. The minimum absolute atomic E-state index is 0.0392. The Morgan fingerprint density at radius 1 is 1.48 bits per heavy atom. The van der Waals surface area contributed by atoms with Gasteiger partial charge < -0.3 is 29.7 Å². The second kappa shape index (κ2) is 8.20. The molecule has 1 saturated heterocycles. The number of ether oxygens (including phenoxy) is 3. The van der Waals surface area contributed by atoms with Crippen LogP contribution in [0.3, 0.4) is 0 Å². The summed E-state index contributed by atoms with van der Waals surface area (Å²) in [5.41, 5.74) is 0. The zero-order valence-corrected chi connectivity index (χ0v) is 12.1. The van der Waals surface area contributed by atoms with Gasteiger partial charge >= 0.3 is 6.03 Å². The molecule has 1 aliphatic rings. The summed E-state index contributed by atoms with van der Waals surface area (Å²) in [5, 5.41) is 25.2. The van der Waals surface area contributed by atoms with Crippen molar-refractivity contribution in [1.29, 1.82) is 0 Å². The van der Waals surface area contributed by atoms with Crippen molar-refractivity contribution in [1.82, 2.24) is 10.3 Å². The zero-order chi connectivity index (χ0) is 16.0. The third-order valence-electron chi connectivity index (χ3n) is 3.13. The van der Waals surface area contributed by atoms with Crippen LogP contribution in [0.4, 0.5) is 4.79 Å². The van der Waals surface area contributed by atoms with E-state index in [1.165, 1.54) is 14.2 Å². The Labute approximate surface area is 121 Å². The highest BCUT2D eigenvalue weighted by Crippen LogP contribution is 2.25. The molecule has 0 spiro atoms. The molecule has 1 rings (SSSR count). The molecule has 0 aromatic rings. The van der Waals surface area contributed by atoms with Gasteiger partial charge in [0.25, 0.3) is 0 Å². The topological polar surface area (TPSA) is 130 Å². The number of rotatable bonds is 7. The highest BCUT2D eigenvalue weighted by molar-refractivity contribution is 5.73. The third kappa shape index (κ3) is 4.32. The standard InChI is InChI=1S/C11H21N3O7/c1-4-20-10-8(16)7(15)9(21-10)6(19-3)5-12-11(17)14(2)13-18/h6-10,15-16H,4-5H2,1-3H3,(H,12,17)/t6-,7-,8-,9-,10+/m1/s1. The number of aliphatic hydroxyl groups is 2. The third-order valence-corrected chi connectivity index (χ3v) is 3.13. The van der Waals surface area contributed by atoms with Gasteiger partial charge in [0, 0.05) is 27.3 Å². The van der Waals surface area contributed by atoms with Gasteiger partial charge in [0.1, 0.15) is 24.4 Å². The summed E-state index contributed by atoms with van der Waals surface area (Å²) < 4.78 is 15.7. The van der Waals surface area contributed by atoms with E-state index in [4.69, 9.17) is 14.2 Å². The van der Waals surface area contributed by atoms with Crippen LogP contribution in [0.1, 0.15) is 6.92 Å². The van der Waals surface area contributed by atoms with Crippen molar-refractivity contribution in [2.75, 3.05) is 27.3 Å². The highest BCUT2D eigenvalue weighted by atomic mass is 16.7. The van der Waals surface area contributed by atoms with E-state index in [1.54, 1.807) is 6.92 Å². The predicted octanol–water partition coefficient (Wildman–Crippen LogP) is -1.19. The SMILES string of the molecule is CCO[C@H]1O[C@H]([C@@H](CNC(=O)N(C)N=O)OC)[C@H](O)[C@H]1O. The summed E-state index contributed by atoms with van der Waals surface area (Å²) in [6.45, 7) is 2.00. The fraction of sp³-hybridized carbons (Fsp3) is 0.909. The molecule has 1 heterocycles. The molecule has 5 atom stereocenters. The first-order chi connectivity index (χ1) is 9.96. The normalized spacial score (nSPS) is 30.0. The highest BCUT2D eigenvalue weighted by Gasteiger charge is 2.47. The number of hydrogen-bond acceptors (Lipinski definition) is 8. The van der Waals surface area contributed by atoms with Crippen LogP contribution in [-0.2, 0) is 14.2 Å². The lowest BCUT2D eigenvalue weighted by atomic mass is 10.1. The largest absolute Gasteiger partial charge is 0.387 e. The summed E-state index contributed by atoms with van der Waals surface area (Å²) in [5.74, 6) is 0. The quantitative estimate of drug-likeness (QED) is 0.398. The van der Waals surface area contributed by atoms with E-state index in [0.717, 1.165) is 0 Å². The summed E-state index contributed by atoms with van der Waals surface area (Å²) in [4.78, 5) is 21.6. The molecule has 0 bridgehead atoms. The van der Waals surface area contributed by atoms with Crippen molar-refractivity contribution in [2.24, 2.45) is 5.29 Å². The van der Waals surface area contributed by atoms with Crippen molar-refractivity contribution in [2.45, 2.75) is 37.6 Å². The molecule has 0 aromatic heterocycles. The van der Waals surface area contributed by atoms with E-state index in [0.29, 0.717) is 11.6 Å². The van der Waals surface area contributed by atoms with Gasteiger partial charge in [-0.15, -0.1) is 4.91 Å². The minimum Gasteiger partial charge on any atom is -0.387 e. The van der Waals surface area contributed by atoms with Gasteiger partial charge in [-0.3, -0.25) is 0 Å². The number of hydrogen-bond donors (Lipinski definition) is 3. The smallest absolute Gasteiger partial charge is 0.340 e. The summed E-state index contributed by atoms with van der Waals surface area (Å²) in [7, 11) is 2.56. The van der Waals surface area contributed by atoms with Crippen LogP contribution in [0, 0.1) is 4.91 Å². The van der Waals surface area contributed by atoms with Crippen molar-refractivity contribution in [3.05, 3.63) is 4.91 Å². The number of nitrogens with zero attached hydrogens (tertiary/aromatic N) is 2. The average molecular weight is 307 g/mol. The number of amides is 2. The molecule has 10 nitrogen and oxygen atoms in total.